The number of carbonyl (C=O) groups is 1. The van der Waals surface area contributed by atoms with Crippen LogP contribution in [-0.2, 0) is 0 Å². The van der Waals surface area contributed by atoms with Crippen molar-refractivity contribution in [3.63, 3.8) is 0 Å². The molecule has 0 fully saturated rings. The summed E-state index contributed by atoms with van der Waals surface area (Å²) in [5.41, 5.74) is 0.934. The normalized spacial score (nSPS) is 9.95. The molecule has 2 aromatic rings. The van der Waals surface area contributed by atoms with Crippen LogP contribution in [0, 0.1) is 0 Å². The molecule has 5 nitrogen and oxygen atoms in total. The van der Waals surface area contributed by atoms with Gasteiger partial charge in [0, 0.05) is 11.8 Å². The molecule has 1 amide bonds. The van der Waals surface area contributed by atoms with Gasteiger partial charge in [-0.1, -0.05) is 6.07 Å². The maximum Gasteiger partial charge on any atom is 0.274 e. The summed E-state index contributed by atoms with van der Waals surface area (Å²) < 4.78 is 10.9. The SMILES string of the molecule is COc1ccc(NC(=O)c2cccc(Br)n2)cc1OC. The number of aromatic nitrogens is 1. The first-order chi connectivity index (χ1) is 9.63. The number of rotatable bonds is 4. The number of amides is 1. The Morgan fingerprint density at radius 2 is 1.90 bits per heavy atom. The van der Waals surface area contributed by atoms with Crippen molar-refractivity contribution in [1.29, 1.82) is 0 Å². The van der Waals surface area contributed by atoms with Gasteiger partial charge in [0.05, 0.1) is 14.2 Å². The molecule has 0 radical (unpaired) electrons. The van der Waals surface area contributed by atoms with Crippen LogP contribution in [-0.4, -0.2) is 25.1 Å². The van der Waals surface area contributed by atoms with Gasteiger partial charge >= 0.3 is 0 Å². The quantitative estimate of drug-likeness (QED) is 0.871. The lowest BCUT2D eigenvalue weighted by atomic mass is 10.2. The van der Waals surface area contributed by atoms with E-state index in [1.54, 1.807) is 50.6 Å². The lowest BCUT2D eigenvalue weighted by Gasteiger charge is -2.10. The number of methoxy groups -OCH3 is 2. The van der Waals surface area contributed by atoms with Crippen LogP contribution in [0.2, 0.25) is 0 Å². The van der Waals surface area contributed by atoms with E-state index >= 15 is 0 Å². The Balaban J connectivity index is 2.19. The van der Waals surface area contributed by atoms with E-state index in [0.717, 1.165) is 0 Å². The number of nitrogens with one attached hydrogen (secondary N) is 1. The molecular weight excluding hydrogens is 324 g/mol. The van der Waals surface area contributed by atoms with Crippen LogP contribution >= 0.6 is 15.9 Å². The number of nitrogens with zero attached hydrogens (tertiary/aromatic N) is 1. The third-order valence-corrected chi connectivity index (χ3v) is 3.03. The summed E-state index contributed by atoms with van der Waals surface area (Å²) in [6.45, 7) is 0. The van der Waals surface area contributed by atoms with Gasteiger partial charge in [-0.05, 0) is 40.2 Å². The van der Waals surface area contributed by atoms with E-state index < -0.39 is 0 Å². The van der Waals surface area contributed by atoms with Crippen molar-refractivity contribution in [3.05, 3.63) is 46.7 Å². The molecule has 1 aromatic heterocycles. The molecule has 0 aliphatic carbocycles. The van der Waals surface area contributed by atoms with Gasteiger partial charge in [0.2, 0.25) is 0 Å². The molecule has 104 valence electrons. The number of anilines is 1. The molecular formula is C14H13BrN2O3. The van der Waals surface area contributed by atoms with Gasteiger partial charge in [0.15, 0.2) is 11.5 Å². The van der Waals surface area contributed by atoms with E-state index in [9.17, 15) is 4.79 Å². The van der Waals surface area contributed by atoms with Crippen LogP contribution in [0.25, 0.3) is 0 Å². The highest BCUT2D eigenvalue weighted by atomic mass is 79.9. The number of ether oxygens (including phenoxy) is 2. The molecule has 0 atom stereocenters. The summed E-state index contributed by atoms with van der Waals surface area (Å²) in [4.78, 5) is 16.1. The van der Waals surface area contributed by atoms with Crippen molar-refractivity contribution >= 4 is 27.5 Å². The molecule has 6 heteroatoms. The van der Waals surface area contributed by atoms with Gasteiger partial charge in [-0.15, -0.1) is 0 Å². The largest absolute Gasteiger partial charge is 0.493 e. The smallest absolute Gasteiger partial charge is 0.274 e. The fraction of sp³-hybridized carbons (Fsp3) is 0.143. The van der Waals surface area contributed by atoms with Crippen LogP contribution in [0.5, 0.6) is 11.5 Å². The van der Waals surface area contributed by atoms with Crippen molar-refractivity contribution in [2.75, 3.05) is 19.5 Å². The molecule has 0 bridgehead atoms. The van der Waals surface area contributed by atoms with E-state index in [0.29, 0.717) is 27.5 Å². The third-order valence-electron chi connectivity index (χ3n) is 2.59. The maximum atomic E-state index is 12.1. The van der Waals surface area contributed by atoms with Gasteiger partial charge in [0.25, 0.3) is 5.91 Å². The van der Waals surface area contributed by atoms with Gasteiger partial charge in [-0.3, -0.25) is 4.79 Å². The molecule has 20 heavy (non-hydrogen) atoms. The van der Waals surface area contributed by atoms with Crippen LogP contribution < -0.4 is 14.8 Å². The molecule has 0 unspecified atom stereocenters. The van der Waals surface area contributed by atoms with Crippen molar-refractivity contribution < 1.29 is 14.3 Å². The van der Waals surface area contributed by atoms with Crippen LogP contribution in [0.1, 0.15) is 10.5 Å². The van der Waals surface area contributed by atoms with Crippen molar-refractivity contribution in [3.8, 4) is 11.5 Å². The number of hydrogen-bond acceptors (Lipinski definition) is 4. The van der Waals surface area contributed by atoms with Gasteiger partial charge < -0.3 is 14.8 Å². The molecule has 0 spiro atoms. The Morgan fingerprint density at radius 1 is 1.15 bits per heavy atom. The second-order valence-corrected chi connectivity index (χ2v) is 4.68. The lowest BCUT2D eigenvalue weighted by molar-refractivity contribution is 0.102. The average Bonchev–Trinajstić information content (AvgIpc) is 2.47. The summed E-state index contributed by atoms with van der Waals surface area (Å²) >= 11 is 3.23. The molecule has 0 saturated carbocycles. The molecule has 1 aromatic carbocycles. The Kier molecular flexibility index (Phi) is 4.57. The zero-order valence-electron chi connectivity index (χ0n) is 11.0. The fourth-order valence-corrected chi connectivity index (χ4v) is 1.99. The monoisotopic (exact) mass is 336 g/mol. The second-order valence-electron chi connectivity index (χ2n) is 3.87. The predicted octanol–water partition coefficient (Wildman–Crippen LogP) is 3.11. The van der Waals surface area contributed by atoms with Gasteiger partial charge in [0.1, 0.15) is 10.3 Å². The Bertz CT molecular complexity index is 632. The second kappa shape index (κ2) is 6.38. The van der Waals surface area contributed by atoms with E-state index in [1.165, 1.54) is 0 Å². The highest BCUT2D eigenvalue weighted by Gasteiger charge is 2.10. The number of halogens is 1. The Morgan fingerprint density at radius 3 is 2.55 bits per heavy atom. The minimum Gasteiger partial charge on any atom is -0.493 e. The van der Waals surface area contributed by atoms with Crippen LogP contribution in [0.4, 0.5) is 5.69 Å². The molecule has 1 N–H and O–H groups in total. The Hall–Kier alpha value is -2.08. The summed E-state index contributed by atoms with van der Waals surface area (Å²) in [5, 5.41) is 2.75. The first-order valence-electron chi connectivity index (χ1n) is 5.80. The molecule has 0 saturated heterocycles. The number of benzene rings is 1. The highest BCUT2D eigenvalue weighted by Crippen LogP contribution is 2.29. The maximum absolute atomic E-state index is 12.1. The topological polar surface area (TPSA) is 60.5 Å². The third kappa shape index (κ3) is 3.27. The summed E-state index contributed by atoms with van der Waals surface area (Å²) in [6.07, 6.45) is 0. The summed E-state index contributed by atoms with van der Waals surface area (Å²) in [5.74, 6) is 0.858. The number of pyridine rings is 1. The Labute approximate surface area is 125 Å². The first-order valence-corrected chi connectivity index (χ1v) is 6.59. The molecule has 0 aliphatic rings. The fourth-order valence-electron chi connectivity index (χ4n) is 1.64. The van der Waals surface area contributed by atoms with Crippen molar-refractivity contribution in [2.24, 2.45) is 0 Å². The molecule has 0 aliphatic heterocycles. The van der Waals surface area contributed by atoms with Gasteiger partial charge in [-0.25, -0.2) is 4.98 Å². The van der Waals surface area contributed by atoms with Crippen LogP contribution in [0.3, 0.4) is 0 Å². The predicted molar refractivity (Wildman–Crippen MR) is 79.4 cm³/mol. The highest BCUT2D eigenvalue weighted by molar-refractivity contribution is 9.10. The number of carbonyl (C=O) groups excluding carboxylic acids is 1. The summed E-state index contributed by atoms with van der Waals surface area (Å²) in [6, 6.07) is 10.3. The van der Waals surface area contributed by atoms with E-state index in [1.807, 2.05) is 0 Å². The van der Waals surface area contributed by atoms with Crippen molar-refractivity contribution in [2.45, 2.75) is 0 Å². The molecule has 2 rings (SSSR count). The first kappa shape index (κ1) is 14.3. The summed E-state index contributed by atoms with van der Waals surface area (Å²) in [7, 11) is 3.10. The average molecular weight is 337 g/mol. The van der Waals surface area contributed by atoms with Crippen molar-refractivity contribution in [1.82, 2.24) is 4.98 Å². The van der Waals surface area contributed by atoms with Crippen LogP contribution in [0.15, 0.2) is 41.0 Å². The minimum absolute atomic E-state index is 0.293. The zero-order valence-corrected chi connectivity index (χ0v) is 12.6. The number of hydrogen-bond donors (Lipinski definition) is 1. The van der Waals surface area contributed by atoms with E-state index in [4.69, 9.17) is 9.47 Å². The minimum atomic E-state index is -0.293. The van der Waals surface area contributed by atoms with E-state index in [2.05, 4.69) is 26.2 Å². The van der Waals surface area contributed by atoms with Gasteiger partial charge in [-0.2, -0.15) is 0 Å². The lowest BCUT2D eigenvalue weighted by Crippen LogP contribution is -2.13. The molecule has 1 heterocycles. The van der Waals surface area contributed by atoms with E-state index in [-0.39, 0.29) is 5.91 Å². The zero-order chi connectivity index (χ0) is 14.5. The standard InChI is InChI=1S/C14H13BrN2O3/c1-19-11-7-6-9(8-12(11)20-2)16-14(18)10-4-3-5-13(15)17-10/h3-8H,1-2H3,(H,16,18).